The number of benzene rings is 2. The van der Waals surface area contributed by atoms with Crippen LogP contribution in [-0.4, -0.2) is 40.4 Å². The number of aromatic nitrogens is 3. The van der Waals surface area contributed by atoms with Crippen molar-refractivity contribution in [3.05, 3.63) is 76.4 Å². The molecule has 0 spiro atoms. The summed E-state index contributed by atoms with van der Waals surface area (Å²) in [5, 5.41) is 11.9. The van der Waals surface area contributed by atoms with Gasteiger partial charge in [-0.15, -0.1) is 10.2 Å². The van der Waals surface area contributed by atoms with Crippen molar-refractivity contribution in [3.63, 3.8) is 0 Å². The number of fused-ring (bicyclic) bond motifs is 1. The van der Waals surface area contributed by atoms with Gasteiger partial charge in [-0.05, 0) is 72.7 Å². The molecule has 1 saturated carbocycles. The minimum atomic E-state index is -0.159. The number of ether oxygens (including phenoxy) is 1. The molecule has 7 heteroatoms. The molecule has 0 atom stereocenters. The summed E-state index contributed by atoms with van der Waals surface area (Å²) < 4.78 is 7.59. The third-order valence-corrected chi connectivity index (χ3v) is 7.48. The number of nitrogens with one attached hydrogen (secondary N) is 1. The highest BCUT2D eigenvalue weighted by Crippen LogP contribution is 2.38. The lowest BCUT2D eigenvalue weighted by atomic mass is 9.75. The van der Waals surface area contributed by atoms with Crippen LogP contribution in [0.25, 0.3) is 0 Å². The Hall–Kier alpha value is -3.03. The maximum Gasteiger partial charge on any atom is 0.258 e. The van der Waals surface area contributed by atoms with Crippen molar-refractivity contribution in [1.82, 2.24) is 20.1 Å². The van der Waals surface area contributed by atoms with Gasteiger partial charge in [0.05, 0.1) is 19.8 Å². The van der Waals surface area contributed by atoms with Gasteiger partial charge in [-0.3, -0.25) is 4.79 Å². The monoisotopic (exact) mass is 457 g/mol. The highest BCUT2D eigenvalue weighted by atomic mass is 16.5. The summed E-state index contributed by atoms with van der Waals surface area (Å²) in [7, 11) is 1.96. The largest absolute Gasteiger partial charge is 0.379 e. The van der Waals surface area contributed by atoms with E-state index in [0.29, 0.717) is 19.8 Å². The molecular formula is C27H31N5O2. The second kappa shape index (κ2) is 8.32. The van der Waals surface area contributed by atoms with Crippen LogP contribution in [0.1, 0.15) is 51.3 Å². The van der Waals surface area contributed by atoms with Crippen molar-refractivity contribution in [2.75, 3.05) is 24.7 Å². The van der Waals surface area contributed by atoms with Crippen LogP contribution in [0.15, 0.2) is 42.7 Å². The molecular weight excluding hydrogens is 426 g/mol. The molecule has 1 amide bonds. The van der Waals surface area contributed by atoms with E-state index in [0.717, 1.165) is 53.6 Å². The minimum Gasteiger partial charge on any atom is -0.379 e. The molecule has 0 unspecified atom stereocenters. The molecule has 2 fully saturated rings. The van der Waals surface area contributed by atoms with Crippen LogP contribution in [-0.2, 0) is 36.7 Å². The van der Waals surface area contributed by atoms with Gasteiger partial charge < -0.3 is 19.5 Å². The van der Waals surface area contributed by atoms with Crippen LogP contribution < -0.4 is 10.2 Å². The molecule has 1 aromatic heterocycles. The fraction of sp³-hybridized carbons (Fsp3) is 0.444. The topological polar surface area (TPSA) is 72.3 Å². The zero-order chi connectivity index (χ0) is 23.3. The Morgan fingerprint density at radius 1 is 1.18 bits per heavy atom. The van der Waals surface area contributed by atoms with Crippen LogP contribution in [0.3, 0.4) is 0 Å². The van der Waals surface area contributed by atoms with Crippen LogP contribution in [0.2, 0.25) is 0 Å². The van der Waals surface area contributed by atoms with Gasteiger partial charge in [-0.2, -0.15) is 0 Å². The summed E-state index contributed by atoms with van der Waals surface area (Å²) in [6.45, 7) is 5.90. The van der Waals surface area contributed by atoms with E-state index in [1.165, 1.54) is 24.0 Å². The predicted octanol–water partition coefficient (Wildman–Crippen LogP) is 3.29. The standard InChI is InChI=1S/C27H31N5O2/c1-18-7-20(13-28-12-19-3-4-19)9-23(8-18)32-14-21-5-6-22(10-24(21)26(32)33)27(15-34-16-27)11-25-30-29-17-31(25)2/h5-10,17,19,28H,3-4,11-16H2,1-2H3. The van der Waals surface area contributed by atoms with E-state index >= 15 is 0 Å². The third-order valence-electron chi connectivity index (χ3n) is 7.48. The number of aryl methyl sites for hydroxylation is 2. The lowest BCUT2D eigenvalue weighted by Gasteiger charge is -2.41. The van der Waals surface area contributed by atoms with E-state index in [2.05, 4.69) is 58.8 Å². The van der Waals surface area contributed by atoms with Crippen molar-refractivity contribution >= 4 is 11.6 Å². The first-order valence-electron chi connectivity index (χ1n) is 12.2. The minimum absolute atomic E-state index is 0.0772. The first-order valence-corrected chi connectivity index (χ1v) is 12.2. The van der Waals surface area contributed by atoms with Crippen molar-refractivity contribution in [2.24, 2.45) is 13.0 Å². The smallest absolute Gasteiger partial charge is 0.258 e. The Kier molecular flexibility index (Phi) is 5.26. The number of rotatable bonds is 8. The molecule has 2 aromatic carbocycles. The number of hydrogen-bond donors (Lipinski definition) is 1. The molecule has 1 saturated heterocycles. The van der Waals surface area contributed by atoms with Crippen LogP contribution >= 0.6 is 0 Å². The Labute approximate surface area is 200 Å². The van der Waals surface area contributed by atoms with Crippen molar-refractivity contribution < 1.29 is 9.53 Å². The van der Waals surface area contributed by atoms with Gasteiger partial charge in [0.15, 0.2) is 0 Å². The molecule has 6 rings (SSSR count). The van der Waals surface area contributed by atoms with E-state index in [-0.39, 0.29) is 11.3 Å². The first-order chi connectivity index (χ1) is 16.5. The zero-order valence-electron chi connectivity index (χ0n) is 19.9. The fourth-order valence-electron chi connectivity index (χ4n) is 5.17. The van der Waals surface area contributed by atoms with E-state index in [1.54, 1.807) is 6.33 Å². The number of hydrogen-bond acceptors (Lipinski definition) is 5. The number of amides is 1. The summed E-state index contributed by atoms with van der Waals surface area (Å²) in [5.74, 6) is 1.86. The number of carbonyl (C=O) groups excluding carboxylic acids is 1. The Balaban J connectivity index is 1.24. The molecule has 2 aliphatic heterocycles. The van der Waals surface area contributed by atoms with Crippen molar-refractivity contribution in [3.8, 4) is 0 Å². The molecule has 1 aliphatic carbocycles. The average molecular weight is 458 g/mol. The Bertz CT molecular complexity index is 1240. The summed E-state index contributed by atoms with van der Waals surface area (Å²) in [4.78, 5) is 15.5. The highest BCUT2D eigenvalue weighted by molar-refractivity contribution is 6.10. The normalized spacial score (nSPS) is 18.8. The van der Waals surface area contributed by atoms with E-state index in [1.807, 2.05) is 16.5 Å². The lowest BCUT2D eigenvalue weighted by molar-refractivity contribution is -0.0611. The van der Waals surface area contributed by atoms with Gasteiger partial charge in [0.1, 0.15) is 12.2 Å². The average Bonchev–Trinajstić information content (AvgIpc) is 3.44. The van der Waals surface area contributed by atoms with E-state index < -0.39 is 0 Å². The van der Waals surface area contributed by atoms with E-state index in [4.69, 9.17) is 4.74 Å². The molecule has 3 aliphatic rings. The lowest BCUT2D eigenvalue weighted by Crippen LogP contribution is -2.49. The maximum atomic E-state index is 13.5. The molecule has 34 heavy (non-hydrogen) atoms. The summed E-state index contributed by atoms with van der Waals surface area (Å²) in [6, 6.07) is 12.9. The number of carbonyl (C=O) groups is 1. The Morgan fingerprint density at radius 2 is 2.03 bits per heavy atom. The second-order valence-electron chi connectivity index (χ2n) is 10.3. The van der Waals surface area contributed by atoms with Gasteiger partial charge in [0.2, 0.25) is 0 Å². The fourth-order valence-corrected chi connectivity index (χ4v) is 5.17. The van der Waals surface area contributed by atoms with Crippen LogP contribution in [0.4, 0.5) is 5.69 Å². The summed E-state index contributed by atoms with van der Waals surface area (Å²) >= 11 is 0. The molecule has 1 N–H and O–H groups in total. The molecule has 3 aromatic rings. The predicted molar refractivity (Wildman–Crippen MR) is 130 cm³/mol. The van der Waals surface area contributed by atoms with E-state index in [9.17, 15) is 4.79 Å². The van der Waals surface area contributed by atoms with Crippen molar-refractivity contribution in [1.29, 1.82) is 0 Å². The van der Waals surface area contributed by atoms with Crippen molar-refractivity contribution in [2.45, 2.75) is 44.7 Å². The summed E-state index contributed by atoms with van der Waals surface area (Å²) in [6.07, 6.45) is 5.17. The zero-order valence-corrected chi connectivity index (χ0v) is 19.9. The molecule has 0 bridgehead atoms. The third kappa shape index (κ3) is 3.93. The SMILES string of the molecule is Cc1cc(CNCC2CC2)cc(N2Cc3ccc(C4(Cc5nncn5C)COC4)cc3C2=O)c1. The first kappa shape index (κ1) is 21.5. The maximum absolute atomic E-state index is 13.5. The quantitative estimate of drug-likeness (QED) is 0.562. The van der Waals surface area contributed by atoms with Gasteiger partial charge in [0.25, 0.3) is 5.91 Å². The van der Waals surface area contributed by atoms with Crippen LogP contribution in [0.5, 0.6) is 0 Å². The summed E-state index contributed by atoms with van der Waals surface area (Å²) in [5.41, 5.74) is 6.26. The van der Waals surface area contributed by atoms with Gasteiger partial charge >= 0.3 is 0 Å². The van der Waals surface area contributed by atoms with Gasteiger partial charge in [-0.1, -0.05) is 18.2 Å². The molecule has 3 heterocycles. The van der Waals surface area contributed by atoms with Gasteiger partial charge in [0, 0.05) is 36.7 Å². The molecule has 0 radical (unpaired) electrons. The number of nitrogens with zero attached hydrogens (tertiary/aromatic N) is 4. The van der Waals surface area contributed by atoms with Gasteiger partial charge in [-0.25, -0.2) is 0 Å². The number of anilines is 1. The second-order valence-corrected chi connectivity index (χ2v) is 10.3. The Morgan fingerprint density at radius 3 is 2.74 bits per heavy atom. The highest BCUT2D eigenvalue weighted by Gasteiger charge is 2.43. The van der Waals surface area contributed by atoms with Crippen LogP contribution in [0, 0.1) is 12.8 Å². The molecule has 7 nitrogen and oxygen atoms in total. The molecule has 176 valence electrons.